The van der Waals surface area contributed by atoms with Crippen LogP contribution in [0.5, 0.6) is 0 Å². The molecule has 2 fully saturated rings. The molecule has 1 aliphatic heterocycles. The van der Waals surface area contributed by atoms with Gasteiger partial charge in [0.1, 0.15) is 0 Å². The molecule has 1 aliphatic carbocycles. The maximum atomic E-state index is 13.2. The first kappa shape index (κ1) is 18.2. The number of alkyl halides is 2. The number of halogens is 2. The van der Waals surface area contributed by atoms with Gasteiger partial charge in [-0.3, -0.25) is 9.36 Å². The first-order valence-electron chi connectivity index (χ1n) is 9.70. The van der Waals surface area contributed by atoms with Crippen LogP contribution in [0.2, 0.25) is 0 Å². The number of anilines is 2. The quantitative estimate of drug-likeness (QED) is 0.686. The summed E-state index contributed by atoms with van der Waals surface area (Å²) in [5.74, 6) is -2.44. The van der Waals surface area contributed by atoms with Crippen molar-refractivity contribution < 1.29 is 8.78 Å². The van der Waals surface area contributed by atoms with Crippen LogP contribution in [-0.4, -0.2) is 60.0 Å². The third kappa shape index (κ3) is 3.84. The minimum atomic E-state index is -2.45. The number of aryl methyl sites for hydroxylation is 1. The Balaban J connectivity index is 1.25. The number of rotatable bonds is 6. The Bertz CT molecular complexity index is 1010. The molecule has 0 aromatic carbocycles. The largest absolute Gasteiger partial charge is 0.321 e. The number of aromatic nitrogens is 6. The molecular formula is C19H22F2N8. The summed E-state index contributed by atoms with van der Waals surface area (Å²) in [6, 6.07) is 2.04. The van der Waals surface area contributed by atoms with E-state index in [1.807, 2.05) is 30.2 Å². The number of likely N-dealkylation sites (tertiary alicyclic amines) is 1. The number of hydrogen-bond donors (Lipinski definition) is 1. The molecule has 0 amide bonds. The first-order valence-corrected chi connectivity index (χ1v) is 9.70. The highest BCUT2D eigenvalue weighted by molar-refractivity contribution is 5.60. The lowest BCUT2D eigenvalue weighted by molar-refractivity contribution is 0.0896. The third-order valence-electron chi connectivity index (χ3n) is 5.57. The van der Waals surface area contributed by atoms with Crippen molar-refractivity contribution in [3.05, 3.63) is 37.1 Å². The minimum Gasteiger partial charge on any atom is -0.321 e. The fraction of sp³-hybridized carbons (Fsp3) is 0.474. The van der Waals surface area contributed by atoms with Gasteiger partial charge in [-0.15, -0.1) is 0 Å². The van der Waals surface area contributed by atoms with Crippen molar-refractivity contribution in [1.29, 1.82) is 0 Å². The van der Waals surface area contributed by atoms with Gasteiger partial charge in [0, 0.05) is 63.2 Å². The molecule has 2 aliphatic rings. The Morgan fingerprint density at radius 1 is 1.24 bits per heavy atom. The van der Waals surface area contributed by atoms with Crippen LogP contribution in [0, 0.1) is 5.92 Å². The molecule has 1 saturated carbocycles. The average Bonchev–Trinajstić information content (AvgIpc) is 3.20. The van der Waals surface area contributed by atoms with Gasteiger partial charge in [0.05, 0.1) is 29.8 Å². The summed E-state index contributed by atoms with van der Waals surface area (Å²) < 4.78 is 30.0. The third-order valence-corrected chi connectivity index (χ3v) is 5.57. The lowest BCUT2D eigenvalue weighted by Crippen LogP contribution is -2.25. The fourth-order valence-corrected chi connectivity index (χ4v) is 3.84. The Morgan fingerprint density at radius 3 is 2.86 bits per heavy atom. The van der Waals surface area contributed by atoms with Crippen LogP contribution in [0.4, 0.5) is 20.4 Å². The van der Waals surface area contributed by atoms with Gasteiger partial charge >= 0.3 is 0 Å². The molecular weight excluding hydrogens is 378 g/mol. The molecule has 29 heavy (non-hydrogen) atoms. The topological polar surface area (TPSA) is 76.7 Å². The van der Waals surface area contributed by atoms with E-state index in [9.17, 15) is 8.78 Å². The van der Waals surface area contributed by atoms with Crippen molar-refractivity contribution in [1.82, 2.24) is 34.4 Å². The van der Waals surface area contributed by atoms with E-state index in [0.717, 1.165) is 36.5 Å². The molecule has 1 saturated heterocycles. The predicted molar refractivity (Wildman–Crippen MR) is 103 cm³/mol. The molecule has 0 radical (unpaired) electrons. The molecule has 0 spiro atoms. The molecule has 1 N–H and O–H groups in total. The summed E-state index contributed by atoms with van der Waals surface area (Å²) in [6.07, 6.45) is 9.95. The zero-order valence-corrected chi connectivity index (χ0v) is 16.0. The van der Waals surface area contributed by atoms with Crippen LogP contribution >= 0.6 is 0 Å². The second kappa shape index (κ2) is 6.87. The molecule has 5 rings (SSSR count). The monoisotopic (exact) mass is 400 g/mol. The summed E-state index contributed by atoms with van der Waals surface area (Å²) in [7, 11) is 1.84. The number of nitrogens with zero attached hydrogens (tertiary/aromatic N) is 7. The molecule has 8 nitrogen and oxygen atoms in total. The second-order valence-corrected chi connectivity index (χ2v) is 7.87. The highest BCUT2D eigenvalue weighted by Gasteiger charge is 2.57. The van der Waals surface area contributed by atoms with Crippen LogP contribution in [0.25, 0.3) is 11.3 Å². The van der Waals surface area contributed by atoms with Gasteiger partial charge < -0.3 is 10.2 Å². The molecule has 3 aromatic rings. The van der Waals surface area contributed by atoms with E-state index >= 15 is 0 Å². The molecule has 3 aromatic heterocycles. The molecule has 2 unspecified atom stereocenters. The van der Waals surface area contributed by atoms with Crippen LogP contribution in [0.1, 0.15) is 18.9 Å². The van der Waals surface area contributed by atoms with Crippen LogP contribution in [-0.2, 0) is 7.05 Å². The second-order valence-electron chi connectivity index (χ2n) is 7.87. The summed E-state index contributed by atoms with van der Waals surface area (Å²) in [6.45, 7) is 2.07. The Hall–Kier alpha value is -2.88. The zero-order valence-electron chi connectivity index (χ0n) is 16.0. The predicted octanol–water partition coefficient (Wildman–Crippen LogP) is 2.72. The lowest BCUT2D eigenvalue weighted by atomic mass is 10.2. The van der Waals surface area contributed by atoms with Crippen molar-refractivity contribution in [2.24, 2.45) is 13.0 Å². The normalized spacial score (nSPS) is 23.4. The smallest absolute Gasteiger partial charge is 0.252 e. The maximum absolute atomic E-state index is 13.2. The van der Waals surface area contributed by atoms with E-state index in [2.05, 4.69) is 30.4 Å². The Labute approximate surface area is 166 Å². The summed E-state index contributed by atoms with van der Waals surface area (Å²) in [4.78, 5) is 10.9. The molecule has 0 bridgehead atoms. The van der Waals surface area contributed by atoms with Gasteiger partial charge in [0.25, 0.3) is 5.92 Å². The number of hydrogen-bond acceptors (Lipinski definition) is 6. The van der Waals surface area contributed by atoms with Gasteiger partial charge in [-0.25, -0.2) is 18.7 Å². The Morgan fingerprint density at radius 2 is 2.10 bits per heavy atom. The maximum Gasteiger partial charge on any atom is 0.252 e. The van der Waals surface area contributed by atoms with E-state index in [-0.39, 0.29) is 12.5 Å². The fourth-order valence-electron chi connectivity index (χ4n) is 3.84. The van der Waals surface area contributed by atoms with Crippen LogP contribution < -0.4 is 5.32 Å². The van der Waals surface area contributed by atoms with E-state index in [4.69, 9.17) is 0 Å². The van der Waals surface area contributed by atoms with Crippen molar-refractivity contribution in [2.75, 3.05) is 25.0 Å². The first-order chi connectivity index (χ1) is 14.0. The van der Waals surface area contributed by atoms with E-state index < -0.39 is 11.8 Å². The van der Waals surface area contributed by atoms with Gasteiger partial charge in [-0.05, 0) is 12.5 Å². The molecule has 4 heterocycles. The van der Waals surface area contributed by atoms with Gasteiger partial charge in [0.15, 0.2) is 0 Å². The molecule has 152 valence electrons. The highest BCUT2D eigenvalue weighted by Crippen LogP contribution is 2.49. The van der Waals surface area contributed by atoms with E-state index in [1.165, 1.54) is 0 Å². The van der Waals surface area contributed by atoms with E-state index in [1.54, 1.807) is 23.3 Å². The van der Waals surface area contributed by atoms with Crippen LogP contribution in [0.3, 0.4) is 0 Å². The summed E-state index contributed by atoms with van der Waals surface area (Å²) in [5.41, 5.74) is 2.48. The SMILES string of the molecule is Cn1cc(Nc2nccc(-c3cnn(C4CCN(CC5CC5(F)F)C4)c3)n2)cn1. The summed E-state index contributed by atoms with van der Waals surface area (Å²) in [5, 5.41) is 11.7. The van der Waals surface area contributed by atoms with Crippen molar-refractivity contribution in [3.63, 3.8) is 0 Å². The van der Waals surface area contributed by atoms with Crippen molar-refractivity contribution >= 4 is 11.6 Å². The van der Waals surface area contributed by atoms with Crippen LogP contribution in [0.15, 0.2) is 37.1 Å². The zero-order chi connectivity index (χ0) is 20.0. The van der Waals surface area contributed by atoms with Gasteiger partial charge in [-0.2, -0.15) is 10.2 Å². The molecule has 10 heteroatoms. The number of nitrogens with one attached hydrogen (secondary N) is 1. The highest BCUT2D eigenvalue weighted by atomic mass is 19.3. The van der Waals surface area contributed by atoms with Gasteiger partial charge in [-0.1, -0.05) is 0 Å². The van der Waals surface area contributed by atoms with Crippen molar-refractivity contribution in [3.8, 4) is 11.3 Å². The summed E-state index contributed by atoms with van der Waals surface area (Å²) >= 11 is 0. The van der Waals surface area contributed by atoms with Gasteiger partial charge in [0.2, 0.25) is 5.95 Å². The van der Waals surface area contributed by atoms with Crippen molar-refractivity contribution in [2.45, 2.75) is 24.8 Å². The van der Waals surface area contributed by atoms with E-state index in [0.29, 0.717) is 12.5 Å². The minimum absolute atomic E-state index is 0.0310. The standard InChI is InChI=1S/C19H22F2N8/c1-27-11-15(8-23-27)25-18-22-4-2-17(26-18)13-7-24-29(9-13)16-3-5-28(12-16)10-14-6-19(14,20)21/h2,4,7-9,11,14,16H,3,5-6,10,12H2,1H3,(H,22,25,26). The Kier molecular flexibility index (Phi) is 4.30. The average molecular weight is 400 g/mol. The lowest BCUT2D eigenvalue weighted by Gasteiger charge is -2.15. The molecule has 2 atom stereocenters.